The van der Waals surface area contributed by atoms with Crippen molar-refractivity contribution in [3.05, 3.63) is 0 Å². The van der Waals surface area contributed by atoms with Crippen LogP contribution < -0.4 is 5.32 Å². The van der Waals surface area contributed by atoms with Gasteiger partial charge in [-0.2, -0.15) is 0 Å². The lowest BCUT2D eigenvalue weighted by atomic mass is 9.81. The van der Waals surface area contributed by atoms with Crippen LogP contribution in [0, 0.1) is 5.92 Å². The van der Waals surface area contributed by atoms with E-state index in [1.54, 1.807) is 0 Å². The second kappa shape index (κ2) is 4.36. The standard InChI is InChI=1S/C13H22N2O/c16-13-10-6-3-4-7-11(10)14-12-8-2-1-5-9-15(12)13/h10-12,14H,1-9H2/t10?,11-,12-/m0/s1. The molecule has 0 aromatic rings. The first-order valence-corrected chi connectivity index (χ1v) is 6.93. The molecule has 90 valence electrons. The zero-order chi connectivity index (χ0) is 11.0. The Bertz CT molecular complexity index is 279. The summed E-state index contributed by atoms with van der Waals surface area (Å²) >= 11 is 0. The molecule has 0 bridgehead atoms. The molecule has 1 saturated carbocycles. The van der Waals surface area contributed by atoms with Gasteiger partial charge in [0.1, 0.15) is 0 Å². The molecule has 3 nitrogen and oxygen atoms in total. The SMILES string of the molecule is O=C1C2CCCC[C@@H]2N[C@@H]2CCCCCN12. The molecule has 1 N–H and O–H groups in total. The summed E-state index contributed by atoms with van der Waals surface area (Å²) in [5.41, 5.74) is 0. The van der Waals surface area contributed by atoms with E-state index in [0.717, 1.165) is 19.4 Å². The van der Waals surface area contributed by atoms with E-state index in [1.165, 1.54) is 38.5 Å². The van der Waals surface area contributed by atoms with Gasteiger partial charge >= 0.3 is 0 Å². The van der Waals surface area contributed by atoms with Gasteiger partial charge in [0.05, 0.1) is 12.1 Å². The van der Waals surface area contributed by atoms with Crippen molar-refractivity contribution in [1.29, 1.82) is 0 Å². The summed E-state index contributed by atoms with van der Waals surface area (Å²) in [4.78, 5) is 14.6. The monoisotopic (exact) mass is 222 g/mol. The van der Waals surface area contributed by atoms with Gasteiger partial charge in [0.15, 0.2) is 0 Å². The molecule has 1 unspecified atom stereocenters. The third-order valence-corrected chi connectivity index (χ3v) is 4.53. The third kappa shape index (κ3) is 1.75. The lowest BCUT2D eigenvalue weighted by Gasteiger charge is -2.45. The smallest absolute Gasteiger partial charge is 0.228 e. The Morgan fingerprint density at radius 3 is 2.75 bits per heavy atom. The highest BCUT2D eigenvalue weighted by Gasteiger charge is 2.42. The Balaban J connectivity index is 1.79. The summed E-state index contributed by atoms with van der Waals surface area (Å²) in [7, 11) is 0. The molecule has 1 aliphatic carbocycles. The second-order valence-corrected chi connectivity index (χ2v) is 5.56. The molecule has 16 heavy (non-hydrogen) atoms. The number of amides is 1. The minimum atomic E-state index is 0.295. The normalized spacial score (nSPS) is 39.9. The summed E-state index contributed by atoms with van der Waals surface area (Å²) < 4.78 is 0. The fraction of sp³-hybridized carbons (Fsp3) is 0.923. The van der Waals surface area contributed by atoms with E-state index in [2.05, 4.69) is 10.2 Å². The van der Waals surface area contributed by atoms with Crippen molar-refractivity contribution in [1.82, 2.24) is 10.2 Å². The van der Waals surface area contributed by atoms with Crippen LogP contribution in [0.4, 0.5) is 0 Å². The quantitative estimate of drug-likeness (QED) is 0.678. The minimum absolute atomic E-state index is 0.295. The lowest BCUT2D eigenvalue weighted by molar-refractivity contribution is -0.146. The van der Waals surface area contributed by atoms with Gasteiger partial charge in [-0.3, -0.25) is 10.1 Å². The van der Waals surface area contributed by atoms with Gasteiger partial charge in [-0.1, -0.05) is 19.3 Å². The van der Waals surface area contributed by atoms with Gasteiger partial charge in [0.25, 0.3) is 0 Å². The van der Waals surface area contributed by atoms with Crippen molar-refractivity contribution < 1.29 is 4.79 Å². The summed E-state index contributed by atoms with van der Waals surface area (Å²) in [5, 5.41) is 3.73. The largest absolute Gasteiger partial charge is 0.327 e. The molecule has 2 saturated heterocycles. The molecule has 0 spiro atoms. The highest BCUT2D eigenvalue weighted by Crippen LogP contribution is 2.32. The van der Waals surface area contributed by atoms with Crippen molar-refractivity contribution >= 4 is 5.91 Å². The van der Waals surface area contributed by atoms with E-state index in [4.69, 9.17) is 0 Å². The van der Waals surface area contributed by atoms with E-state index in [1.807, 2.05) is 0 Å². The number of carbonyl (C=O) groups excluding carboxylic acids is 1. The highest BCUT2D eigenvalue weighted by atomic mass is 16.2. The van der Waals surface area contributed by atoms with Crippen molar-refractivity contribution in [3.8, 4) is 0 Å². The first kappa shape index (κ1) is 10.6. The number of carbonyl (C=O) groups is 1. The maximum Gasteiger partial charge on any atom is 0.228 e. The van der Waals surface area contributed by atoms with Crippen LogP contribution in [0.15, 0.2) is 0 Å². The summed E-state index contributed by atoms with van der Waals surface area (Å²) in [6, 6.07) is 0.487. The van der Waals surface area contributed by atoms with Gasteiger partial charge in [0, 0.05) is 12.6 Å². The second-order valence-electron chi connectivity index (χ2n) is 5.56. The minimum Gasteiger partial charge on any atom is -0.327 e. The van der Waals surface area contributed by atoms with Crippen molar-refractivity contribution in [3.63, 3.8) is 0 Å². The lowest BCUT2D eigenvalue weighted by Crippen LogP contribution is -2.63. The highest BCUT2D eigenvalue weighted by molar-refractivity contribution is 5.81. The summed E-state index contributed by atoms with van der Waals surface area (Å²) in [6.07, 6.45) is 10.1. The number of nitrogens with zero attached hydrogens (tertiary/aromatic N) is 1. The fourth-order valence-corrected chi connectivity index (χ4v) is 3.63. The Labute approximate surface area is 97.6 Å². The maximum atomic E-state index is 12.4. The van der Waals surface area contributed by atoms with Crippen molar-refractivity contribution in [2.45, 2.75) is 63.6 Å². The van der Waals surface area contributed by atoms with Crippen LogP contribution in [-0.4, -0.2) is 29.6 Å². The molecule has 3 heteroatoms. The van der Waals surface area contributed by atoms with Crippen LogP contribution >= 0.6 is 0 Å². The van der Waals surface area contributed by atoms with E-state index >= 15 is 0 Å². The summed E-state index contributed by atoms with van der Waals surface area (Å²) in [5.74, 6) is 0.749. The molecule has 2 heterocycles. The first-order valence-electron chi connectivity index (χ1n) is 6.93. The fourth-order valence-electron chi connectivity index (χ4n) is 3.63. The number of nitrogens with one attached hydrogen (secondary N) is 1. The number of rotatable bonds is 0. The van der Waals surface area contributed by atoms with Crippen molar-refractivity contribution in [2.75, 3.05) is 6.54 Å². The van der Waals surface area contributed by atoms with E-state index in [-0.39, 0.29) is 0 Å². The van der Waals surface area contributed by atoms with Crippen LogP contribution in [-0.2, 0) is 4.79 Å². The molecular formula is C13H22N2O. The molecule has 3 aliphatic rings. The molecule has 0 aromatic heterocycles. The Morgan fingerprint density at radius 1 is 1.00 bits per heavy atom. The van der Waals surface area contributed by atoms with Crippen LogP contribution in [0.2, 0.25) is 0 Å². The van der Waals surface area contributed by atoms with E-state index < -0.39 is 0 Å². The van der Waals surface area contributed by atoms with Crippen LogP contribution in [0.1, 0.15) is 51.4 Å². The number of fused-ring (bicyclic) bond motifs is 2. The summed E-state index contributed by atoms with van der Waals surface area (Å²) in [6.45, 7) is 0.986. The van der Waals surface area contributed by atoms with Gasteiger partial charge in [-0.05, 0) is 32.1 Å². The molecule has 0 aromatic carbocycles. The molecule has 0 radical (unpaired) electrons. The van der Waals surface area contributed by atoms with Gasteiger partial charge in [-0.25, -0.2) is 0 Å². The molecule has 2 aliphatic heterocycles. The van der Waals surface area contributed by atoms with Crippen molar-refractivity contribution in [2.24, 2.45) is 5.92 Å². The zero-order valence-corrected chi connectivity index (χ0v) is 9.95. The van der Waals surface area contributed by atoms with Gasteiger partial charge < -0.3 is 4.90 Å². The number of hydrogen-bond acceptors (Lipinski definition) is 2. The van der Waals surface area contributed by atoms with Gasteiger partial charge in [-0.15, -0.1) is 0 Å². The predicted octanol–water partition coefficient (Wildman–Crippen LogP) is 1.88. The molecule has 3 atom stereocenters. The van der Waals surface area contributed by atoms with E-state index in [0.29, 0.717) is 24.0 Å². The molecule has 3 fully saturated rings. The van der Waals surface area contributed by atoms with Gasteiger partial charge in [0.2, 0.25) is 5.91 Å². The predicted molar refractivity (Wildman–Crippen MR) is 62.9 cm³/mol. The Morgan fingerprint density at radius 2 is 1.81 bits per heavy atom. The molecule has 1 amide bonds. The first-order chi connectivity index (χ1) is 7.86. The molecular weight excluding hydrogens is 200 g/mol. The third-order valence-electron chi connectivity index (χ3n) is 4.53. The van der Waals surface area contributed by atoms with Crippen LogP contribution in [0.5, 0.6) is 0 Å². The van der Waals surface area contributed by atoms with E-state index in [9.17, 15) is 4.79 Å². The average Bonchev–Trinajstić information content (AvgIpc) is 2.55. The molecule has 3 rings (SSSR count). The zero-order valence-electron chi connectivity index (χ0n) is 9.95. The van der Waals surface area contributed by atoms with Crippen LogP contribution in [0.25, 0.3) is 0 Å². The van der Waals surface area contributed by atoms with Crippen LogP contribution in [0.3, 0.4) is 0 Å². The Kier molecular flexibility index (Phi) is 2.88. The number of hydrogen-bond donors (Lipinski definition) is 1. The maximum absolute atomic E-state index is 12.4. The topological polar surface area (TPSA) is 32.3 Å². The Hall–Kier alpha value is -0.570. The average molecular weight is 222 g/mol.